The molecule has 1 heterocycles. The topological polar surface area (TPSA) is 78.5 Å². The number of anilines is 1. The molecule has 3 rings (SSSR count). The van der Waals surface area contributed by atoms with Crippen molar-refractivity contribution in [1.29, 1.82) is 0 Å². The Morgan fingerprint density at radius 3 is 2.65 bits per heavy atom. The lowest BCUT2D eigenvalue weighted by Crippen LogP contribution is -2.38. The van der Waals surface area contributed by atoms with Crippen LogP contribution in [0.1, 0.15) is 5.56 Å². The van der Waals surface area contributed by atoms with E-state index in [0.717, 1.165) is 15.4 Å². The molecule has 1 atom stereocenters. The molecule has 0 aliphatic carbocycles. The summed E-state index contributed by atoms with van der Waals surface area (Å²) in [5, 5.41) is 5.37. The summed E-state index contributed by atoms with van der Waals surface area (Å²) in [6.45, 7) is -0.306. The Balaban J connectivity index is 1.61. The van der Waals surface area contributed by atoms with E-state index in [4.69, 9.17) is 0 Å². The zero-order chi connectivity index (χ0) is 18.5. The van der Waals surface area contributed by atoms with E-state index in [-0.39, 0.29) is 12.5 Å². The number of urea groups is 1. The second-order valence-corrected chi connectivity index (χ2v) is 6.78. The molecule has 0 bridgehead atoms. The number of carbonyl (C=O) groups excluding carboxylic acids is 3. The normalized spacial score (nSPS) is 16.5. The molecule has 0 saturated carbocycles. The van der Waals surface area contributed by atoms with E-state index >= 15 is 0 Å². The summed E-state index contributed by atoms with van der Waals surface area (Å²) < 4.78 is 0. The van der Waals surface area contributed by atoms with Gasteiger partial charge in [0.25, 0.3) is 5.91 Å². The van der Waals surface area contributed by atoms with Gasteiger partial charge in [0.2, 0.25) is 5.91 Å². The van der Waals surface area contributed by atoms with Gasteiger partial charge in [-0.15, -0.1) is 11.8 Å². The summed E-state index contributed by atoms with van der Waals surface area (Å²) in [5.41, 5.74) is 1.58. The van der Waals surface area contributed by atoms with Gasteiger partial charge in [-0.05, 0) is 30.0 Å². The number of hydrogen-bond acceptors (Lipinski definition) is 4. The number of carbonyl (C=O) groups is 3. The van der Waals surface area contributed by atoms with Crippen LogP contribution in [-0.4, -0.2) is 41.6 Å². The van der Waals surface area contributed by atoms with Crippen molar-refractivity contribution >= 4 is 35.3 Å². The van der Waals surface area contributed by atoms with Crippen LogP contribution in [0.3, 0.4) is 0 Å². The van der Waals surface area contributed by atoms with Crippen LogP contribution >= 0.6 is 11.8 Å². The smallest absolute Gasteiger partial charge is 0.325 e. The molecule has 7 heteroatoms. The molecule has 1 aliphatic heterocycles. The first-order chi connectivity index (χ1) is 12.6. The van der Waals surface area contributed by atoms with Crippen molar-refractivity contribution in [1.82, 2.24) is 10.2 Å². The number of nitrogens with zero attached hydrogens (tertiary/aromatic N) is 1. The minimum Gasteiger partial charge on any atom is -0.325 e. The van der Waals surface area contributed by atoms with Gasteiger partial charge in [-0.25, -0.2) is 4.79 Å². The van der Waals surface area contributed by atoms with Gasteiger partial charge >= 0.3 is 6.03 Å². The largest absolute Gasteiger partial charge is 0.325 e. The first-order valence-electron chi connectivity index (χ1n) is 8.16. The van der Waals surface area contributed by atoms with Gasteiger partial charge in [0.05, 0.1) is 0 Å². The van der Waals surface area contributed by atoms with Crippen LogP contribution in [-0.2, 0) is 16.0 Å². The van der Waals surface area contributed by atoms with Crippen molar-refractivity contribution in [2.75, 3.05) is 18.1 Å². The maximum absolute atomic E-state index is 12.5. The average Bonchev–Trinajstić information content (AvgIpc) is 2.90. The van der Waals surface area contributed by atoms with Crippen molar-refractivity contribution in [3.63, 3.8) is 0 Å². The van der Waals surface area contributed by atoms with Crippen molar-refractivity contribution in [2.45, 2.75) is 17.4 Å². The second-order valence-electron chi connectivity index (χ2n) is 5.90. The highest BCUT2D eigenvalue weighted by atomic mass is 32.2. The predicted octanol–water partition coefficient (Wildman–Crippen LogP) is 2.51. The molecule has 2 aromatic rings. The van der Waals surface area contributed by atoms with Crippen molar-refractivity contribution < 1.29 is 14.4 Å². The molecule has 1 saturated heterocycles. The number of imide groups is 1. The summed E-state index contributed by atoms with van der Waals surface area (Å²) in [4.78, 5) is 38.8. The van der Waals surface area contributed by atoms with E-state index in [1.165, 1.54) is 0 Å². The molecule has 1 aliphatic rings. The van der Waals surface area contributed by atoms with Crippen LogP contribution in [0.5, 0.6) is 0 Å². The van der Waals surface area contributed by atoms with E-state index < -0.39 is 18.0 Å². The second kappa shape index (κ2) is 8.05. The summed E-state index contributed by atoms with van der Waals surface area (Å²) in [6, 6.07) is 15.6. The fraction of sp³-hybridized carbons (Fsp3) is 0.211. The minimum absolute atomic E-state index is 0.306. The Kier molecular flexibility index (Phi) is 5.58. The third-order valence-corrected chi connectivity index (χ3v) is 4.77. The summed E-state index contributed by atoms with van der Waals surface area (Å²) in [5.74, 6) is -0.793. The minimum atomic E-state index is -0.641. The van der Waals surface area contributed by atoms with Gasteiger partial charge in [-0.3, -0.25) is 14.5 Å². The van der Waals surface area contributed by atoms with Crippen LogP contribution in [0.4, 0.5) is 10.5 Å². The highest BCUT2D eigenvalue weighted by molar-refractivity contribution is 7.98. The molecular formula is C19H19N3O3S. The van der Waals surface area contributed by atoms with Gasteiger partial charge < -0.3 is 10.6 Å². The summed E-state index contributed by atoms with van der Waals surface area (Å²) >= 11 is 1.56. The van der Waals surface area contributed by atoms with E-state index in [1.807, 2.05) is 54.8 Å². The quantitative estimate of drug-likeness (QED) is 0.606. The molecule has 2 aromatic carbocycles. The molecule has 0 spiro atoms. The van der Waals surface area contributed by atoms with Crippen molar-refractivity contribution in [2.24, 2.45) is 0 Å². The van der Waals surface area contributed by atoms with Gasteiger partial charge in [0, 0.05) is 17.0 Å². The van der Waals surface area contributed by atoms with E-state index in [0.29, 0.717) is 12.1 Å². The molecule has 134 valence electrons. The first kappa shape index (κ1) is 18.0. The van der Waals surface area contributed by atoms with Crippen LogP contribution in [0.25, 0.3) is 0 Å². The monoisotopic (exact) mass is 369 g/mol. The fourth-order valence-corrected chi connectivity index (χ4v) is 3.22. The van der Waals surface area contributed by atoms with E-state index in [9.17, 15) is 14.4 Å². The van der Waals surface area contributed by atoms with Gasteiger partial charge in [-0.2, -0.15) is 0 Å². The number of hydrogen-bond donors (Lipinski definition) is 2. The van der Waals surface area contributed by atoms with Gasteiger partial charge in [-0.1, -0.05) is 36.4 Å². The summed E-state index contributed by atoms with van der Waals surface area (Å²) in [6.07, 6.45) is 2.35. The van der Waals surface area contributed by atoms with Crippen molar-refractivity contribution in [3.05, 3.63) is 60.2 Å². The molecule has 26 heavy (non-hydrogen) atoms. The molecule has 4 amide bonds. The number of nitrogens with one attached hydrogen (secondary N) is 2. The third-order valence-electron chi connectivity index (χ3n) is 4.04. The molecule has 1 fully saturated rings. The third kappa shape index (κ3) is 4.23. The summed E-state index contributed by atoms with van der Waals surface area (Å²) in [7, 11) is 0. The fourth-order valence-electron chi connectivity index (χ4n) is 2.76. The Bertz CT molecular complexity index is 826. The Labute approximate surface area is 156 Å². The van der Waals surface area contributed by atoms with E-state index in [1.54, 1.807) is 17.8 Å². The Morgan fingerprint density at radius 1 is 1.15 bits per heavy atom. The van der Waals surface area contributed by atoms with Gasteiger partial charge in [0.15, 0.2) is 0 Å². The van der Waals surface area contributed by atoms with Crippen LogP contribution < -0.4 is 10.6 Å². The maximum atomic E-state index is 12.5. The average molecular weight is 369 g/mol. The number of amides is 4. The SMILES string of the molecule is CSc1cccc(NC(=O)CN2C(=O)NC(Cc3ccccc3)C2=O)c1. The molecule has 6 nitrogen and oxygen atoms in total. The van der Waals surface area contributed by atoms with Crippen LogP contribution in [0.2, 0.25) is 0 Å². The number of benzene rings is 2. The zero-order valence-electron chi connectivity index (χ0n) is 14.3. The molecule has 0 radical (unpaired) electrons. The lowest BCUT2D eigenvalue weighted by Gasteiger charge is -2.13. The molecule has 0 aromatic heterocycles. The molecular weight excluding hydrogens is 350 g/mol. The standard InChI is InChI=1S/C19H19N3O3S/c1-26-15-9-5-8-14(11-15)20-17(23)12-22-18(24)16(21-19(22)25)10-13-6-3-2-4-7-13/h2-9,11,16H,10,12H2,1H3,(H,20,23)(H,21,25). The number of thioether (sulfide) groups is 1. The van der Waals surface area contributed by atoms with E-state index in [2.05, 4.69) is 10.6 Å². The van der Waals surface area contributed by atoms with Crippen molar-refractivity contribution in [3.8, 4) is 0 Å². The first-order valence-corrected chi connectivity index (χ1v) is 9.39. The van der Waals surface area contributed by atoms with Crippen LogP contribution in [0, 0.1) is 0 Å². The highest BCUT2D eigenvalue weighted by Gasteiger charge is 2.38. The maximum Gasteiger partial charge on any atom is 0.325 e. The van der Waals surface area contributed by atoms with Crippen LogP contribution in [0.15, 0.2) is 59.5 Å². The molecule has 2 N–H and O–H groups in total. The lowest BCUT2D eigenvalue weighted by molar-refractivity contribution is -0.130. The molecule has 1 unspecified atom stereocenters. The highest BCUT2D eigenvalue weighted by Crippen LogP contribution is 2.19. The Morgan fingerprint density at radius 2 is 1.92 bits per heavy atom. The lowest BCUT2D eigenvalue weighted by atomic mass is 10.1. The van der Waals surface area contributed by atoms with Gasteiger partial charge in [0.1, 0.15) is 12.6 Å². The predicted molar refractivity (Wildman–Crippen MR) is 101 cm³/mol. The Hall–Kier alpha value is -2.80. The zero-order valence-corrected chi connectivity index (χ0v) is 15.1. The number of rotatable bonds is 6.